The zero-order chi connectivity index (χ0) is 22.9. The van der Waals surface area contributed by atoms with Crippen molar-refractivity contribution in [2.45, 2.75) is 59.2 Å². The largest absolute Gasteiger partial charge is 0.507 e. The summed E-state index contributed by atoms with van der Waals surface area (Å²) in [6.07, 6.45) is 1.26. The minimum Gasteiger partial charge on any atom is -0.507 e. The molecule has 0 amide bonds. The van der Waals surface area contributed by atoms with Crippen LogP contribution in [0.15, 0.2) is 17.2 Å². The van der Waals surface area contributed by atoms with Crippen LogP contribution in [0.4, 0.5) is 0 Å². The minimum absolute atomic E-state index is 0.00165. The highest BCUT2D eigenvalue weighted by molar-refractivity contribution is 6.33. The third-order valence-electron chi connectivity index (χ3n) is 7.84. The third kappa shape index (κ3) is 3.26. The number of aliphatic hydroxyl groups excluding tert-OH is 2. The van der Waals surface area contributed by atoms with Crippen molar-refractivity contribution >= 4 is 17.6 Å². The molecule has 5 atom stereocenters. The van der Waals surface area contributed by atoms with Gasteiger partial charge in [0.1, 0.15) is 23.2 Å². The number of hydrogen-bond acceptors (Lipinski definition) is 6. The second kappa shape index (κ2) is 7.39. The summed E-state index contributed by atoms with van der Waals surface area (Å²) in [5, 5.41) is 31.7. The summed E-state index contributed by atoms with van der Waals surface area (Å²) in [7, 11) is 1.43. The summed E-state index contributed by atoms with van der Waals surface area (Å²) in [6.45, 7) is 7.95. The highest BCUT2D eigenvalue weighted by Gasteiger charge is 2.63. The Hall–Kier alpha value is -1.76. The normalized spacial score (nSPS) is 33.4. The van der Waals surface area contributed by atoms with E-state index in [4.69, 9.17) is 21.1 Å². The zero-order valence-corrected chi connectivity index (χ0v) is 19.4. The number of hydrogen-bond donors (Lipinski definition) is 3. The number of phenols is 1. The minimum atomic E-state index is -0.730. The smallest absolute Gasteiger partial charge is 0.342 e. The standard InChI is InChI=1S/C24H31ClO6/c1-11-18(15(27)6-16(30-5)20(11)25)22(29)31-17-9-24(4)14-8-23(2,3)7-12(14)21(28)13(10-26)19(17)24/h6,12,14,17,21,26-28H,7-10H2,1-5H3. The second-order valence-electron chi connectivity index (χ2n) is 10.3. The number of phenolic OH excluding ortho intramolecular Hbond substituents is 1. The van der Waals surface area contributed by atoms with Crippen molar-refractivity contribution in [1.82, 2.24) is 0 Å². The van der Waals surface area contributed by atoms with Crippen LogP contribution in [0.25, 0.3) is 0 Å². The second-order valence-corrected chi connectivity index (χ2v) is 10.7. The molecule has 31 heavy (non-hydrogen) atoms. The molecule has 6 nitrogen and oxygen atoms in total. The average molecular weight is 451 g/mol. The van der Waals surface area contributed by atoms with E-state index in [0.717, 1.165) is 18.4 Å². The molecule has 2 fully saturated rings. The third-order valence-corrected chi connectivity index (χ3v) is 8.31. The van der Waals surface area contributed by atoms with Crippen molar-refractivity contribution in [2.24, 2.45) is 22.7 Å². The summed E-state index contributed by atoms with van der Waals surface area (Å²) in [6, 6.07) is 1.30. The van der Waals surface area contributed by atoms with E-state index >= 15 is 0 Å². The topological polar surface area (TPSA) is 96.2 Å². The number of aromatic hydroxyl groups is 1. The number of halogens is 1. The predicted octanol–water partition coefficient (Wildman–Crippen LogP) is 4.01. The van der Waals surface area contributed by atoms with Crippen LogP contribution in [0.2, 0.25) is 5.02 Å². The van der Waals surface area contributed by atoms with Gasteiger partial charge in [0.2, 0.25) is 0 Å². The number of fused-ring (bicyclic) bond motifs is 3. The van der Waals surface area contributed by atoms with Crippen LogP contribution in [-0.4, -0.2) is 47.2 Å². The Balaban J connectivity index is 1.65. The maximum atomic E-state index is 13.0. The first-order valence-corrected chi connectivity index (χ1v) is 11.1. The lowest BCUT2D eigenvalue weighted by molar-refractivity contribution is -0.0571. The SMILES string of the molecule is COc1cc(O)c(C(=O)OC2CC3(C)C2=C(CO)C(O)C2CC(C)(C)CC23)c(C)c1Cl. The number of rotatable bonds is 4. The van der Waals surface area contributed by atoms with Crippen molar-refractivity contribution in [1.29, 1.82) is 0 Å². The quantitative estimate of drug-likeness (QED) is 0.473. The first kappa shape index (κ1) is 22.4. The van der Waals surface area contributed by atoms with Crippen LogP contribution in [0.5, 0.6) is 11.5 Å². The van der Waals surface area contributed by atoms with Gasteiger partial charge in [-0.2, -0.15) is 0 Å². The molecular weight excluding hydrogens is 420 g/mol. The first-order chi connectivity index (χ1) is 14.4. The Bertz CT molecular complexity index is 967. The van der Waals surface area contributed by atoms with Crippen LogP contribution in [0.3, 0.4) is 0 Å². The van der Waals surface area contributed by atoms with Gasteiger partial charge in [-0.3, -0.25) is 0 Å². The monoisotopic (exact) mass is 450 g/mol. The van der Waals surface area contributed by atoms with Gasteiger partial charge >= 0.3 is 5.97 Å². The van der Waals surface area contributed by atoms with Gasteiger partial charge in [0, 0.05) is 6.07 Å². The molecule has 5 unspecified atom stereocenters. The van der Waals surface area contributed by atoms with Gasteiger partial charge in [0.25, 0.3) is 0 Å². The molecule has 0 saturated heterocycles. The lowest BCUT2D eigenvalue weighted by Gasteiger charge is -2.57. The molecule has 0 aromatic heterocycles. The molecule has 3 N–H and O–H groups in total. The zero-order valence-electron chi connectivity index (χ0n) is 18.7. The van der Waals surface area contributed by atoms with Crippen LogP contribution in [0.1, 0.15) is 56.0 Å². The molecule has 0 radical (unpaired) electrons. The number of esters is 1. The number of ether oxygens (including phenoxy) is 2. The maximum Gasteiger partial charge on any atom is 0.342 e. The van der Waals surface area contributed by atoms with Gasteiger partial charge in [-0.15, -0.1) is 0 Å². The highest BCUT2D eigenvalue weighted by atomic mass is 35.5. The summed E-state index contributed by atoms with van der Waals surface area (Å²) in [4.78, 5) is 13.0. The Morgan fingerprint density at radius 1 is 1.26 bits per heavy atom. The summed E-state index contributed by atoms with van der Waals surface area (Å²) in [5.41, 5.74) is 1.71. The lowest BCUT2D eigenvalue weighted by Crippen LogP contribution is -2.56. The Morgan fingerprint density at radius 2 is 1.94 bits per heavy atom. The molecule has 3 aliphatic carbocycles. The molecule has 0 bridgehead atoms. The number of benzene rings is 1. The lowest BCUT2D eigenvalue weighted by atomic mass is 9.49. The molecule has 0 heterocycles. The van der Waals surface area contributed by atoms with E-state index in [2.05, 4.69) is 20.8 Å². The van der Waals surface area contributed by atoms with Crippen LogP contribution >= 0.6 is 11.6 Å². The van der Waals surface area contributed by atoms with Crippen LogP contribution in [-0.2, 0) is 4.74 Å². The van der Waals surface area contributed by atoms with E-state index in [1.165, 1.54) is 13.2 Å². The molecule has 1 aromatic carbocycles. The van der Waals surface area contributed by atoms with Gasteiger partial charge < -0.3 is 24.8 Å². The van der Waals surface area contributed by atoms with E-state index in [0.29, 0.717) is 17.6 Å². The Labute approximate surface area is 187 Å². The molecular formula is C24H31ClO6. The van der Waals surface area contributed by atoms with E-state index < -0.39 is 18.2 Å². The van der Waals surface area contributed by atoms with Crippen LogP contribution in [0, 0.1) is 29.6 Å². The fraction of sp³-hybridized carbons (Fsp3) is 0.625. The van der Waals surface area contributed by atoms with E-state index in [9.17, 15) is 20.1 Å². The van der Waals surface area contributed by atoms with Gasteiger partial charge in [0.05, 0.1) is 24.8 Å². The average Bonchev–Trinajstić information content (AvgIpc) is 3.03. The van der Waals surface area contributed by atoms with Gasteiger partial charge in [-0.25, -0.2) is 4.79 Å². The molecule has 0 aliphatic heterocycles. The van der Waals surface area contributed by atoms with Crippen molar-refractivity contribution < 1.29 is 29.6 Å². The number of methoxy groups -OCH3 is 1. The van der Waals surface area contributed by atoms with Crippen molar-refractivity contribution in [2.75, 3.05) is 13.7 Å². The molecule has 170 valence electrons. The molecule has 2 saturated carbocycles. The van der Waals surface area contributed by atoms with E-state index in [-0.39, 0.29) is 51.4 Å². The van der Waals surface area contributed by atoms with Gasteiger partial charge in [-0.1, -0.05) is 32.4 Å². The number of aliphatic hydroxyl groups is 2. The fourth-order valence-electron chi connectivity index (χ4n) is 6.44. The predicted molar refractivity (Wildman–Crippen MR) is 116 cm³/mol. The Kier molecular flexibility index (Phi) is 5.35. The molecule has 1 aromatic rings. The summed E-state index contributed by atoms with van der Waals surface area (Å²) < 4.78 is 10.9. The number of carbonyl (C=O) groups excluding carboxylic acids is 1. The van der Waals surface area contributed by atoms with Crippen molar-refractivity contribution in [3.63, 3.8) is 0 Å². The van der Waals surface area contributed by atoms with Crippen molar-refractivity contribution in [3.05, 3.63) is 33.4 Å². The van der Waals surface area contributed by atoms with Crippen molar-refractivity contribution in [3.8, 4) is 11.5 Å². The van der Waals surface area contributed by atoms with E-state index in [1.807, 2.05) is 0 Å². The Morgan fingerprint density at radius 3 is 2.55 bits per heavy atom. The molecule has 7 heteroatoms. The van der Waals surface area contributed by atoms with Gasteiger partial charge in [0.15, 0.2) is 0 Å². The molecule has 4 rings (SSSR count). The summed E-state index contributed by atoms with van der Waals surface area (Å²) in [5.74, 6) is -0.277. The summed E-state index contributed by atoms with van der Waals surface area (Å²) >= 11 is 6.26. The molecule has 0 spiro atoms. The fourth-order valence-corrected chi connectivity index (χ4v) is 6.66. The molecule has 3 aliphatic rings. The number of carbonyl (C=O) groups is 1. The highest BCUT2D eigenvalue weighted by Crippen LogP contribution is 2.66. The maximum absolute atomic E-state index is 13.0. The van der Waals surface area contributed by atoms with Crippen LogP contribution < -0.4 is 4.74 Å². The van der Waals surface area contributed by atoms with Gasteiger partial charge in [-0.05, 0) is 65.6 Å². The first-order valence-electron chi connectivity index (χ1n) is 10.7. The van der Waals surface area contributed by atoms with E-state index in [1.54, 1.807) is 6.92 Å².